The van der Waals surface area contributed by atoms with E-state index in [2.05, 4.69) is 32.6 Å². The van der Waals surface area contributed by atoms with Crippen molar-refractivity contribution in [2.75, 3.05) is 18.0 Å². The van der Waals surface area contributed by atoms with Crippen molar-refractivity contribution in [3.63, 3.8) is 0 Å². The van der Waals surface area contributed by atoms with Crippen LogP contribution in [0.15, 0.2) is 6.33 Å². The maximum Gasteiger partial charge on any atom is 0.150 e. The zero-order valence-electron chi connectivity index (χ0n) is 18.6. The molecule has 0 saturated carbocycles. The highest BCUT2D eigenvalue weighted by Gasteiger charge is 2.32. The molecule has 0 aromatic carbocycles. The highest BCUT2D eigenvalue weighted by molar-refractivity contribution is 7.26. The van der Waals surface area contributed by atoms with E-state index in [0.717, 1.165) is 54.4 Å². The molecule has 3 aromatic heterocycles. The first-order valence-corrected chi connectivity index (χ1v) is 12.2. The van der Waals surface area contributed by atoms with Crippen LogP contribution in [0.5, 0.6) is 0 Å². The Morgan fingerprint density at radius 2 is 2.00 bits per heavy atom. The minimum atomic E-state index is -0.156. The molecule has 30 heavy (non-hydrogen) atoms. The van der Waals surface area contributed by atoms with Crippen molar-refractivity contribution in [1.29, 1.82) is 0 Å². The Kier molecular flexibility index (Phi) is 5.18. The van der Waals surface area contributed by atoms with Crippen LogP contribution in [0.1, 0.15) is 70.2 Å². The van der Waals surface area contributed by atoms with Crippen LogP contribution < -0.4 is 4.90 Å². The highest BCUT2D eigenvalue weighted by atomic mass is 32.1. The number of fused-ring (bicyclic) bond motifs is 5. The van der Waals surface area contributed by atoms with Crippen LogP contribution in [-0.4, -0.2) is 33.6 Å². The summed E-state index contributed by atoms with van der Waals surface area (Å²) in [6.45, 7) is 11.8. The number of aryl methyl sites for hydroxylation is 1. The van der Waals surface area contributed by atoms with Gasteiger partial charge in [-0.15, -0.1) is 11.3 Å². The van der Waals surface area contributed by atoms with Gasteiger partial charge in [-0.3, -0.25) is 0 Å². The molecular formula is C24H32N4OS. The molecule has 3 aromatic rings. The molecular weight excluding hydrogens is 392 g/mol. The molecule has 2 aliphatic heterocycles. The Hall–Kier alpha value is -1.79. The molecule has 0 amide bonds. The van der Waals surface area contributed by atoms with E-state index in [1.807, 2.05) is 0 Å². The van der Waals surface area contributed by atoms with Gasteiger partial charge in [-0.2, -0.15) is 0 Å². The molecule has 0 spiro atoms. The molecule has 1 saturated heterocycles. The van der Waals surface area contributed by atoms with Gasteiger partial charge in [0.1, 0.15) is 17.0 Å². The van der Waals surface area contributed by atoms with E-state index in [-0.39, 0.29) is 5.60 Å². The van der Waals surface area contributed by atoms with E-state index < -0.39 is 0 Å². The van der Waals surface area contributed by atoms with Gasteiger partial charge in [0.05, 0.1) is 22.4 Å². The molecule has 0 aliphatic carbocycles. The lowest BCUT2D eigenvalue weighted by Gasteiger charge is -2.33. The molecule has 2 aliphatic rings. The van der Waals surface area contributed by atoms with Gasteiger partial charge in [-0.25, -0.2) is 15.0 Å². The Morgan fingerprint density at radius 1 is 1.20 bits per heavy atom. The molecule has 0 unspecified atom stereocenters. The minimum Gasteiger partial charge on any atom is -0.370 e. The van der Waals surface area contributed by atoms with Gasteiger partial charge >= 0.3 is 0 Å². The molecule has 5 rings (SSSR count). The SMILES string of the molecule is CCCCc1nc2sc3c(N4CCC(C)CC4)ncnc3c2c2c1COC(C)(C)C2. The number of piperidine rings is 1. The second-order valence-corrected chi connectivity index (χ2v) is 10.7. The van der Waals surface area contributed by atoms with Crippen LogP contribution in [0.2, 0.25) is 0 Å². The number of aromatic nitrogens is 3. The van der Waals surface area contributed by atoms with E-state index in [1.165, 1.54) is 46.2 Å². The summed E-state index contributed by atoms with van der Waals surface area (Å²) >= 11 is 1.78. The maximum absolute atomic E-state index is 6.20. The fourth-order valence-corrected chi connectivity index (χ4v) is 6.05. The number of ether oxygens (including phenoxy) is 1. The smallest absolute Gasteiger partial charge is 0.150 e. The van der Waals surface area contributed by atoms with Crippen molar-refractivity contribution in [3.05, 3.63) is 23.1 Å². The molecule has 0 N–H and O–H groups in total. The number of unbranched alkanes of at least 4 members (excludes halogenated alkanes) is 1. The number of thiophene rings is 1. The molecule has 0 bridgehead atoms. The number of anilines is 1. The predicted molar refractivity (Wildman–Crippen MR) is 125 cm³/mol. The van der Waals surface area contributed by atoms with Crippen LogP contribution in [0.4, 0.5) is 5.82 Å². The zero-order chi connectivity index (χ0) is 20.9. The van der Waals surface area contributed by atoms with Crippen LogP contribution in [-0.2, 0) is 24.2 Å². The first-order valence-electron chi connectivity index (χ1n) is 11.4. The minimum absolute atomic E-state index is 0.156. The topological polar surface area (TPSA) is 51.1 Å². The number of nitrogens with zero attached hydrogens (tertiary/aromatic N) is 4. The second kappa shape index (κ2) is 7.72. The van der Waals surface area contributed by atoms with E-state index in [0.29, 0.717) is 6.61 Å². The summed E-state index contributed by atoms with van der Waals surface area (Å²) in [4.78, 5) is 18.3. The van der Waals surface area contributed by atoms with Gasteiger partial charge in [-0.1, -0.05) is 20.3 Å². The van der Waals surface area contributed by atoms with Crippen LogP contribution in [0.25, 0.3) is 20.4 Å². The van der Waals surface area contributed by atoms with Crippen molar-refractivity contribution in [3.8, 4) is 0 Å². The largest absolute Gasteiger partial charge is 0.370 e. The number of pyridine rings is 1. The standard InChI is InChI=1S/C24H32N4OS/c1-5-6-7-18-17-13-29-24(3,4)12-16(17)19-20-21(30-23(19)27-18)22(26-14-25-20)28-10-8-15(2)9-11-28/h14-15H,5-13H2,1-4H3. The summed E-state index contributed by atoms with van der Waals surface area (Å²) in [5.41, 5.74) is 4.87. The predicted octanol–water partition coefficient (Wildman–Crippen LogP) is 5.67. The van der Waals surface area contributed by atoms with Gasteiger partial charge in [0.2, 0.25) is 0 Å². The van der Waals surface area contributed by atoms with E-state index in [4.69, 9.17) is 19.7 Å². The monoisotopic (exact) mass is 424 g/mol. The normalized spacial score (nSPS) is 19.5. The Bertz CT molecular complexity index is 1080. The summed E-state index contributed by atoms with van der Waals surface area (Å²) in [6.07, 6.45) is 8.49. The number of hydrogen-bond acceptors (Lipinski definition) is 6. The lowest BCUT2D eigenvalue weighted by molar-refractivity contribution is -0.0401. The third kappa shape index (κ3) is 3.48. The third-order valence-corrected chi connectivity index (χ3v) is 7.81. The van der Waals surface area contributed by atoms with Crippen molar-refractivity contribution in [2.24, 2.45) is 5.92 Å². The summed E-state index contributed by atoms with van der Waals surface area (Å²) in [6, 6.07) is 0. The molecule has 0 atom stereocenters. The first kappa shape index (κ1) is 20.1. The first-order chi connectivity index (χ1) is 14.5. The van der Waals surface area contributed by atoms with E-state index in [1.54, 1.807) is 17.7 Å². The van der Waals surface area contributed by atoms with Crippen molar-refractivity contribution < 1.29 is 4.74 Å². The van der Waals surface area contributed by atoms with Gasteiger partial charge in [0, 0.05) is 36.2 Å². The van der Waals surface area contributed by atoms with Gasteiger partial charge in [-0.05, 0) is 51.0 Å². The van der Waals surface area contributed by atoms with Crippen molar-refractivity contribution in [2.45, 2.75) is 78.4 Å². The number of rotatable bonds is 4. The summed E-state index contributed by atoms with van der Waals surface area (Å²) in [5.74, 6) is 1.91. The van der Waals surface area contributed by atoms with Crippen LogP contribution >= 0.6 is 11.3 Å². The van der Waals surface area contributed by atoms with Gasteiger partial charge < -0.3 is 9.64 Å². The van der Waals surface area contributed by atoms with Crippen molar-refractivity contribution in [1.82, 2.24) is 15.0 Å². The Labute approximate surface area is 182 Å². The van der Waals surface area contributed by atoms with Crippen LogP contribution in [0, 0.1) is 5.92 Å². The lowest BCUT2D eigenvalue weighted by Crippen LogP contribution is -2.33. The summed E-state index contributed by atoms with van der Waals surface area (Å²) in [5, 5.41) is 1.25. The molecule has 5 nitrogen and oxygen atoms in total. The second-order valence-electron chi connectivity index (χ2n) is 9.67. The molecule has 160 valence electrons. The maximum atomic E-state index is 6.20. The fraction of sp³-hybridized carbons (Fsp3) is 0.625. The quantitative estimate of drug-likeness (QED) is 0.540. The molecule has 1 fully saturated rings. The van der Waals surface area contributed by atoms with Crippen LogP contribution in [0.3, 0.4) is 0 Å². The number of hydrogen-bond donors (Lipinski definition) is 0. The molecule has 0 radical (unpaired) electrons. The summed E-state index contributed by atoms with van der Waals surface area (Å²) < 4.78 is 7.40. The average molecular weight is 425 g/mol. The van der Waals surface area contributed by atoms with Crippen molar-refractivity contribution >= 4 is 37.6 Å². The lowest BCUT2D eigenvalue weighted by atomic mass is 9.88. The highest BCUT2D eigenvalue weighted by Crippen LogP contribution is 2.43. The Morgan fingerprint density at radius 3 is 2.77 bits per heavy atom. The van der Waals surface area contributed by atoms with E-state index in [9.17, 15) is 0 Å². The van der Waals surface area contributed by atoms with E-state index >= 15 is 0 Å². The summed E-state index contributed by atoms with van der Waals surface area (Å²) in [7, 11) is 0. The van der Waals surface area contributed by atoms with Gasteiger partial charge in [0.25, 0.3) is 0 Å². The third-order valence-electron chi connectivity index (χ3n) is 6.75. The Balaban J connectivity index is 1.70. The van der Waals surface area contributed by atoms with Gasteiger partial charge in [0.15, 0.2) is 0 Å². The fourth-order valence-electron chi connectivity index (χ4n) is 4.86. The zero-order valence-corrected chi connectivity index (χ0v) is 19.4. The molecule has 5 heterocycles. The molecule has 6 heteroatoms. The average Bonchev–Trinajstić information content (AvgIpc) is 3.10.